The molecule has 0 radical (unpaired) electrons. The predicted octanol–water partition coefficient (Wildman–Crippen LogP) is 3.56. The summed E-state index contributed by atoms with van der Waals surface area (Å²) in [5.41, 5.74) is 4.51. The zero-order valence-electron chi connectivity index (χ0n) is 19.8. The van der Waals surface area contributed by atoms with Gasteiger partial charge in [0.1, 0.15) is 0 Å². The van der Waals surface area contributed by atoms with E-state index in [2.05, 4.69) is 45.3 Å². The van der Waals surface area contributed by atoms with Gasteiger partial charge in [0.05, 0.1) is 18.1 Å². The lowest BCUT2D eigenvalue weighted by Gasteiger charge is -2.34. The summed E-state index contributed by atoms with van der Waals surface area (Å²) in [7, 11) is 0. The van der Waals surface area contributed by atoms with Crippen LogP contribution >= 0.6 is 0 Å². The minimum atomic E-state index is -0.181. The molecule has 2 aromatic rings. The van der Waals surface area contributed by atoms with Crippen molar-refractivity contribution in [2.45, 2.75) is 47.1 Å². The number of anilines is 2. The van der Waals surface area contributed by atoms with Crippen molar-refractivity contribution < 1.29 is 9.59 Å². The van der Waals surface area contributed by atoms with Gasteiger partial charge in [-0.05, 0) is 43.0 Å². The third-order valence-corrected chi connectivity index (χ3v) is 5.74. The van der Waals surface area contributed by atoms with Crippen LogP contribution in [-0.2, 0) is 11.3 Å². The molecule has 0 spiro atoms. The van der Waals surface area contributed by atoms with E-state index in [1.54, 1.807) is 6.20 Å². The molecule has 2 aliphatic rings. The van der Waals surface area contributed by atoms with Gasteiger partial charge in [-0.25, -0.2) is 4.79 Å². The molecule has 1 aromatic heterocycles. The first kappa shape index (κ1) is 23.8. The molecule has 2 aliphatic heterocycles. The van der Waals surface area contributed by atoms with Crippen LogP contribution < -0.4 is 10.2 Å². The predicted molar refractivity (Wildman–Crippen MR) is 128 cm³/mol. The first-order chi connectivity index (χ1) is 15.5. The molecular weight excluding hydrogens is 404 g/mol. The molecule has 0 aliphatic carbocycles. The average Bonchev–Trinajstić information content (AvgIpc) is 3.47. The summed E-state index contributed by atoms with van der Waals surface area (Å²) in [5, 5.41) is 6.72. The van der Waals surface area contributed by atoms with Crippen molar-refractivity contribution in [1.82, 2.24) is 19.6 Å². The second-order valence-electron chi connectivity index (χ2n) is 8.27. The molecule has 1 N–H and O–H groups in total. The maximum Gasteiger partial charge on any atom is 0.344 e. The van der Waals surface area contributed by atoms with Gasteiger partial charge in [0.15, 0.2) is 0 Å². The van der Waals surface area contributed by atoms with E-state index in [0.717, 1.165) is 32.7 Å². The highest BCUT2D eigenvalue weighted by Gasteiger charge is 2.23. The van der Waals surface area contributed by atoms with E-state index < -0.39 is 0 Å². The van der Waals surface area contributed by atoms with Crippen molar-refractivity contribution in [3.05, 3.63) is 41.7 Å². The first-order valence-corrected chi connectivity index (χ1v) is 11.7. The topological polar surface area (TPSA) is 73.7 Å². The van der Waals surface area contributed by atoms with Crippen LogP contribution in [0.2, 0.25) is 0 Å². The maximum absolute atomic E-state index is 12.7. The number of carbonyl (C=O) groups is 2. The van der Waals surface area contributed by atoms with E-state index in [4.69, 9.17) is 0 Å². The van der Waals surface area contributed by atoms with E-state index in [1.807, 2.05) is 18.7 Å². The van der Waals surface area contributed by atoms with Crippen LogP contribution in [0, 0.1) is 6.92 Å². The number of nitrogens with one attached hydrogen (secondary N) is 1. The Morgan fingerprint density at radius 1 is 1.00 bits per heavy atom. The van der Waals surface area contributed by atoms with Gasteiger partial charge in [0.2, 0.25) is 5.91 Å². The number of nitrogens with zero attached hydrogens (tertiary/aromatic N) is 5. The summed E-state index contributed by atoms with van der Waals surface area (Å²) in [6.45, 7) is 13.8. The number of amides is 2. The Hall–Kier alpha value is -2.87. The Balaban J connectivity index is 0.00000141. The lowest BCUT2D eigenvalue weighted by atomic mass is 10.1. The molecule has 1 aromatic carbocycles. The van der Waals surface area contributed by atoms with Gasteiger partial charge in [-0.15, -0.1) is 0 Å². The molecule has 4 rings (SSSR count). The fourth-order valence-corrected chi connectivity index (χ4v) is 4.29. The third kappa shape index (κ3) is 6.09. The van der Waals surface area contributed by atoms with Crippen molar-refractivity contribution in [3.63, 3.8) is 0 Å². The molecule has 0 unspecified atom stereocenters. The van der Waals surface area contributed by atoms with Gasteiger partial charge in [-0.1, -0.05) is 19.9 Å². The normalized spacial score (nSPS) is 16.5. The SMILES string of the molecule is CC.CC(=O)Nc1cnn(C(=O)N2CCN(Cc3cc(C)cc(N4CCCC4)c3)CC2)c1. The van der Waals surface area contributed by atoms with Crippen LogP contribution in [0.25, 0.3) is 0 Å². The molecule has 3 heterocycles. The molecule has 8 nitrogen and oxygen atoms in total. The number of aromatic nitrogens is 2. The molecule has 174 valence electrons. The highest BCUT2D eigenvalue weighted by molar-refractivity contribution is 5.89. The highest BCUT2D eigenvalue weighted by Crippen LogP contribution is 2.24. The minimum absolute atomic E-state index is 0.155. The Morgan fingerprint density at radius 3 is 2.34 bits per heavy atom. The number of hydrogen-bond donors (Lipinski definition) is 1. The zero-order valence-corrected chi connectivity index (χ0v) is 19.8. The Morgan fingerprint density at radius 2 is 1.69 bits per heavy atom. The van der Waals surface area contributed by atoms with E-state index >= 15 is 0 Å². The van der Waals surface area contributed by atoms with Crippen LogP contribution in [0.15, 0.2) is 30.6 Å². The lowest BCUT2D eigenvalue weighted by molar-refractivity contribution is -0.114. The molecule has 8 heteroatoms. The number of hydrogen-bond acceptors (Lipinski definition) is 5. The van der Waals surface area contributed by atoms with Crippen molar-refractivity contribution in [2.24, 2.45) is 0 Å². The third-order valence-electron chi connectivity index (χ3n) is 5.74. The molecule has 2 saturated heterocycles. The van der Waals surface area contributed by atoms with E-state index in [-0.39, 0.29) is 11.9 Å². The van der Waals surface area contributed by atoms with Gasteiger partial charge >= 0.3 is 6.03 Å². The van der Waals surface area contributed by atoms with Crippen LogP contribution in [0.5, 0.6) is 0 Å². The fraction of sp³-hybridized carbons (Fsp3) is 0.542. The number of rotatable bonds is 4. The molecule has 2 amide bonds. The Labute approximate surface area is 191 Å². The van der Waals surface area contributed by atoms with Crippen LogP contribution in [0.3, 0.4) is 0 Å². The molecular formula is C24H36N6O2. The molecule has 2 fully saturated rings. The summed E-state index contributed by atoms with van der Waals surface area (Å²) in [4.78, 5) is 30.5. The monoisotopic (exact) mass is 440 g/mol. The summed E-state index contributed by atoms with van der Waals surface area (Å²) in [6, 6.07) is 6.72. The standard InChI is InChI=1S/C22H30N6O2.C2H6/c1-17-11-19(13-21(12-17)26-5-3-4-6-26)15-25-7-9-27(10-8-25)22(30)28-16-20(14-23-28)24-18(2)29;1-2/h11-14,16H,3-10,15H2,1-2H3,(H,24,29);1-2H3. The van der Waals surface area contributed by atoms with Crippen molar-refractivity contribution >= 4 is 23.3 Å². The van der Waals surface area contributed by atoms with Crippen molar-refractivity contribution in [3.8, 4) is 0 Å². The van der Waals surface area contributed by atoms with Crippen molar-refractivity contribution in [1.29, 1.82) is 0 Å². The summed E-state index contributed by atoms with van der Waals surface area (Å²) >= 11 is 0. The molecule has 32 heavy (non-hydrogen) atoms. The van der Waals surface area contributed by atoms with Crippen LogP contribution in [-0.4, -0.2) is 70.8 Å². The lowest BCUT2D eigenvalue weighted by Crippen LogP contribution is -2.49. The molecule has 0 saturated carbocycles. The minimum Gasteiger partial charge on any atom is -0.372 e. The van der Waals surface area contributed by atoms with Gasteiger partial charge < -0.3 is 15.1 Å². The largest absolute Gasteiger partial charge is 0.372 e. The first-order valence-electron chi connectivity index (χ1n) is 11.7. The smallest absolute Gasteiger partial charge is 0.344 e. The van der Waals surface area contributed by atoms with Crippen LogP contribution in [0.1, 0.15) is 44.7 Å². The van der Waals surface area contributed by atoms with Crippen LogP contribution in [0.4, 0.5) is 16.2 Å². The number of carbonyl (C=O) groups excluding carboxylic acids is 2. The zero-order chi connectivity index (χ0) is 23.1. The van der Waals surface area contributed by atoms with E-state index in [1.165, 1.54) is 47.5 Å². The summed E-state index contributed by atoms with van der Waals surface area (Å²) in [6.07, 6.45) is 5.61. The second-order valence-corrected chi connectivity index (χ2v) is 8.27. The van der Waals surface area contributed by atoms with Gasteiger partial charge in [0, 0.05) is 58.4 Å². The molecule has 0 atom stereocenters. The quantitative estimate of drug-likeness (QED) is 0.787. The number of benzene rings is 1. The maximum atomic E-state index is 12.7. The van der Waals surface area contributed by atoms with E-state index in [9.17, 15) is 9.59 Å². The molecule has 0 bridgehead atoms. The average molecular weight is 441 g/mol. The Bertz CT molecular complexity index is 911. The second kappa shape index (κ2) is 11.1. The van der Waals surface area contributed by atoms with Gasteiger partial charge in [0.25, 0.3) is 0 Å². The van der Waals surface area contributed by atoms with Gasteiger partial charge in [-0.3, -0.25) is 9.69 Å². The fourth-order valence-electron chi connectivity index (χ4n) is 4.29. The van der Waals surface area contributed by atoms with Crippen molar-refractivity contribution in [2.75, 3.05) is 49.5 Å². The van der Waals surface area contributed by atoms with E-state index in [0.29, 0.717) is 18.8 Å². The number of piperazine rings is 1. The summed E-state index contributed by atoms with van der Waals surface area (Å²) in [5.74, 6) is -0.181. The summed E-state index contributed by atoms with van der Waals surface area (Å²) < 4.78 is 1.30. The van der Waals surface area contributed by atoms with Gasteiger partial charge in [-0.2, -0.15) is 9.78 Å². The highest BCUT2D eigenvalue weighted by atomic mass is 16.2. The Kier molecular flexibility index (Phi) is 8.27. The number of aryl methyl sites for hydroxylation is 1.